The molecule has 0 unspecified atom stereocenters. The first kappa shape index (κ1) is 22.0. The van der Waals surface area contributed by atoms with Crippen molar-refractivity contribution >= 4 is 5.91 Å². The molecule has 1 atom stereocenters. The minimum absolute atomic E-state index is 0.207. The Morgan fingerprint density at radius 3 is 2.44 bits per heavy atom. The van der Waals surface area contributed by atoms with Gasteiger partial charge in [-0.3, -0.25) is 9.78 Å². The van der Waals surface area contributed by atoms with Gasteiger partial charge in [-0.05, 0) is 72.7 Å². The standard InChI is InChI=1S/C27H29FN2O2/c1-32-25-12-6-20(7-13-25)9-15-27(31)30-16-2-3-23(19-30)26-14-8-22(18-29-26)17-21-4-10-24(28)11-5-21/h4-8,10-14,18,23H,2-3,9,15-17,19H2,1H3/t23-/m1/s1. The molecule has 0 bridgehead atoms. The second-order valence-corrected chi connectivity index (χ2v) is 8.42. The van der Waals surface area contributed by atoms with Gasteiger partial charge in [0.15, 0.2) is 0 Å². The molecule has 0 saturated carbocycles. The van der Waals surface area contributed by atoms with Crippen molar-refractivity contribution in [3.05, 3.63) is 95.1 Å². The lowest BCUT2D eigenvalue weighted by molar-refractivity contribution is -0.132. The number of ether oxygens (including phenoxy) is 1. The van der Waals surface area contributed by atoms with Crippen LogP contribution in [0.1, 0.15) is 47.6 Å². The van der Waals surface area contributed by atoms with Crippen LogP contribution in [0.15, 0.2) is 66.9 Å². The van der Waals surface area contributed by atoms with Crippen LogP contribution in [0.3, 0.4) is 0 Å². The Bertz CT molecular complexity index is 1020. The molecule has 5 heteroatoms. The molecule has 1 aromatic heterocycles. The van der Waals surface area contributed by atoms with Crippen molar-refractivity contribution in [1.82, 2.24) is 9.88 Å². The minimum Gasteiger partial charge on any atom is -0.497 e. The van der Waals surface area contributed by atoms with E-state index in [9.17, 15) is 9.18 Å². The van der Waals surface area contributed by atoms with Crippen LogP contribution in [0.2, 0.25) is 0 Å². The first-order valence-corrected chi connectivity index (χ1v) is 11.2. The van der Waals surface area contributed by atoms with Crippen molar-refractivity contribution in [2.24, 2.45) is 0 Å². The molecule has 1 aliphatic rings. The zero-order valence-electron chi connectivity index (χ0n) is 18.5. The summed E-state index contributed by atoms with van der Waals surface area (Å²) >= 11 is 0. The summed E-state index contributed by atoms with van der Waals surface area (Å²) in [7, 11) is 1.65. The van der Waals surface area contributed by atoms with E-state index in [1.807, 2.05) is 35.4 Å². The summed E-state index contributed by atoms with van der Waals surface area (Å²) in [6.07, 6.45) is 5.94. The summed E-state index contributed by atoms with van der Waals surface area (Å²) in [5, 5.41) is 0. The number of piperidine rings is 1. The number of pyridine rings is 1. The number of aryl methyl sites for hydroxylation is 1. The SMILES string of the molecule is COc1ccc(CCC(=O)N2CCC[C@@H](c3ccc(Cc4ccc(F)cc4)cn3)C2)cc1. The molecule has 1 saturated heterocycles. The highest BCUT2D eigenvalue weighted by molar-refractivity contribution is 5.76. The number of methoxy groups -OCH3 is 1. The lowest BCUT2D eigenvalue weighted by atomic mass is 9.93. The highest BCUT2D eigenvalue weighted by atomic mass is 19.1. The summed E-state index contributed by atoms with van der Waals surface area (Å²) in [5.74, 6) is 1.09. The van der Waals surface area contributed by atoms with Crippen LogP contribution >= 0.6 is 0 Å². The van der Waals surface area contributed by atoms with Crippen molar-refractivity contribution < 1.29 is 13.9 Å². The molecule has 1 aliphatic heterocycles. The van der Waals surface area contributed by atoms with Gasteiger partial charge in [0.1, 0.15) is 11.6 Å². The summed E-state index contributed by atoms with van der Waals surface area (Å²) < 4.78 is 18.3. The Hall–Kier alpha value is -3.21. The summed E-state index contributed by atoms with van der Waals surface area (Å²) in [4.78, 5) is 19.5. The maximum absolute atomic E-state index is 13.1. The topological polar surface area (TPSA) is 42.4 Å². The van der Waals surface area contributed by atoms with Gasteiger partial charge < -0.3 is 9.64 Å². The van der Waals surface area contributed by atoms with E-state index in [0.717, 1.165) is 66.9 Å². The van der Waals surface area contributed by atoms with Crippen LogP contribution in [-0.2, 0) is 17.6 Å². The molecule has 0 radical (unpaired) electrons. The van der Waals surface area contributed by atoms with E-state index in [0.29, 0.717) is 6.42 Å². The molecule has 4 nitrogen and oxygen atoms in total. The Morgan fingerprint density at radius 2 is 1.75 bits per heavy atom. The van der Waals surface area contributed by atoms with Gasteiger partial charge in [0, 0.05) is 37.3 Å². The summed E-state index contributed by atoms with van der Waals surface area (Å²) in [5.41, 5.74) is 4.35. The first-order chi connectivity index (χ1) is 15.6. The van der Waals surface area contributed by atoms with Crippen molar-refractivity contribution in [3.8, 4) is 5.75 Å². The van der Waals surface area contributed by atoms with E-state index in [4.69, 9.17) is 9.72 Å². The monoisotopic (exact) mass is 432 g/mol. The van der Waals surface area contributed by atoms with Crippen molar-refractivity contribution in [2.45, 2.75) is 38.0 Å². The number of hydrogen-bond acceptors (Lipinski definition) is 3. The van der Waals surface area contributed by atoms with Gasteiger partial charge in [-0.15, -0.1) is 0 Å². The van der Waals surface area contributed by atoms with Crippen LogP contribution in [0.5, 0.6) is 5.75 Å². The van der Waals surface area contributed by atoms with Crippen LogP contribution < -0.4 is 4.74 Å². The Morgan fingerprint density at radius 1 is 1.03 bits per heavy atom. The van der Waals surface area contributed by atoms with Crippen LogP contribution in [0, 0.1) is 5.82 Å². The van der Waals surface area contributed by atoms with Crippen molar-refractivity contribution in [1.29, 1.82) is 0 Å². The molecule has 1 amide bonds. The Labute approximate surface area is 189 Å². The zero-order chi connectivity index (χ0) is 22.3. The van der Waals surface area contributed by atoms with Crippen molar-refractivity contribution in [3.63, 3.8) is 0 Å². The average molecular weight is 433 g/mol. The largest absolute Gasteiger partial charge is 0.497 e. The predicted molar refractivity (Wildman–Crippen MR) is 123 cm³/mol. The lowest BCUT2D eigenvalue weighted by Crippen LogP contribution is -2.39. The number of carbonyl (C=O) groups is 1. The summed E-state index contributed by atoms with van der Waals surface area (Å²) in [6.45, 7) is 1.55. The fourth-order valence-corrected chi connectivity index (χ4v) is 4.27. The number of hydrogen-bond donors (Lipinski definition) is 0. The van der Waals surface area contributed by atoms with Gasteiger partial charge in [-0.1, -0.05) is 30.3 Å². The number of carbonyl (C=O) groups excluding carboxylic acids is 1. The van der Waals surface area contributed by atoms with Gasteiger partial charge in [0.05, 0.1) is 7.11 Å². The fraction of sp³-hybridized carbons (Fsp3) is 0.333. The smallest absolute Gasteiger partial charge is 0.222 e. The molecular weight excluding hydrogens is 403 g/mol. The average Bonchev–Trinajstić information content (AvgIpc) is 2.85. The van der Waals surface area contributed by atoms with Gasteiger partial charge in [-0.25, -0.2) is 4.39 Å². The lowest BCUT2D eigenvalue weighted by Gasteiger charge is -2.32. The van der Waals surface area contributed by atoms with Gasteiger partial charge in [-0.2, -0.15) is 0 Å². The van der Waals surface area contributed by atoms with E-state index in [2.05, 4.69) is 12.1 Å². The third kappa shape index (κ3) is 5.72. The Kier molecular flexibility index (Phi) is 7.15. The van der Waals surface area contributed by atoms with Crippen LogP contribution in [0.25, 0.3) is 0 Å². The van der Waals surface area contributed by atoms with Gasteiger partial charge in [0.2, 0.25) is 5.91 Å². The minimum atomic E-state index is -0.220. The highest BCUT2D eigenvalue weighted by Crippen LogP contribution is 2.26. The molecule has 4 rings (SSSR count). The van der Waals surface area contributed by atoms with Crippen LogP contribution in [-0.4, -0.2) is 36.0 Å². The number of amides is 1. The molecule has 0 aliphatic carbocycles. The van der Waals surface area contributed by atoms with E-state index in [1.165, 1.54) is 12.1 Å². The highest BCUT2D eigenvalue weighted by Gasteiger charge is 2.25. The molecule has 32 heavy (non-hydrogen) atoms. The maximum atomic E-state index is 13.1. The normalized spacial score (nSPS) is 16.1. The summed E-state index contributed by atoms with van der Waals surface area (Å²) in [6, 6.07) is 18.7. The molecule has 166 valence electrons. The third-order valence-corrected chi connectivity index (χ3v) is 6.15. The number of nitrogens with zero attached hydrogens (tertiary/aromatic N) is 2. The number of aromatic nitrogens is 1. The third-order valence-electron chi connectivity index (χ3n) is 6.15. The number of likely N-dealkylation sites (tertiary alicyclic amines) is 1. The van der Waals surface area contributed by atoms with Gasteiger partial charge in [0.25, 0.3) is 0 Å². The number of rotatable bonds is 7. The molecule has 2 aromatic carbocycles. The van der Waals surface area contributed by atoms with Crippen LogP contribution in [0.4, 0.5) is 4.39 Å². The molecule has 2 heterocycles. The van der Waals surface area contributed by atoms with E-state index in [-0.39, 0.29) is 17.6 Å². The molecular formula is C27H29FN2O2. The van der Waals surface area contributed by atoms with Crippen molar-refractivity contribution in [2.75, 3.05) is 20.2 Å². The van der Waals surface area contributed by atoms with E-state index in [1.54, 1.807) is 19.2 Å². The number of benzene rings is 2. The van der Waals surface area contributed by atoms with E-state index < -0.39 is 0 Å². The van der Waals surface area contributed by atoms with E-state index >= 15 is 0 Å². The first-order valence-electron chi connectivity index (χ1n) is 11.2. The number of halogens is 1. The zero-order valence-corrected chi connectivity index (χ0v) is 18.5. The second kappa shape index (κ2) is 10.4. The van der Waals surface area contributed by atoms with Gasteiger partial charge >= 0.3 is 0 Å². The molecule has 3 aromatic rings. The second-order valence-electron chi connectivity index (χ2n) is 8.42. The Balaban J connectivity index is 1.31. The molecule has 0 N–H and O–H groups in total. The predicted octanol–water partition coefficient (Wildman–Crippen LogP) is 5.16. The molecule has 1 fully saturated rings. The fourth-order valence-electron chi connectivity index (χ4n) is 4.27. The maximum Gasteiger partial charge on any atom is 0.222 e. The molecule has 0 spiro atoms. The quantitative estimate of drug-likeness (QED) is 0.518.